The molecule has 102 valence electrons. The van der Waals surface area contributed by atoms with Gasteiger partial charge in [-0.05, 0) is 20.9 Å². The Bertz CT molecular complexity index is 610. The fraction of sp³-hybridized carbons (Fsp3) is 0.583. The molecule has 0 N–H and O–H groups in total. The highest BCUT2D eigenvalue weighted by molar-refractivity contribution is 6.30. The van der Waals surface area contributed by atoms with Crippen molar-refractivity contribution in [1.29, 1.82) is 0 Å². The zero-order valence-electron chi connectivity index (χ0n) is 11.3. The second kappa shape index (κ2) is 4.61. The minimum Gasteiger partial charge on any atom is -0.353 e. The van der Waals surface area contributed by atoms with Crippen molar-refractivity contribution in [3.8, 4) is 0 Å². The number of hydrogen-bond donors (Lipinski definition) is 0. The van der Waals surface area contributed by atoms with Crippen molar-refractivity contribution in [3.05, 3.63) is 17.0 Å². The fourth-order valence-electron chi connectivity index (χ4n) is 2.50. The number of nitrogens with zero attached hydrogens (tertiary/aromatic N) is 6. The van der Waals surface area contributed by atoms with Crippen molar-refractivity contribution in [1.82, 2.24) is 24.5 Å². The third-order valence-corrected chi connectivity index (χ3v) is 4.20. The molecule has 7 heteroatoms. The molecule has 2 aromatic heterocycles. The van der Waals surface area contributed by atoms with Crippen LogP contribution in [-0.2, 0) is 0 Å². The molecule has 0 amide bonds. The standard InChI is InChI=1S/C12H17ClN6/c1-8-6-18(5-4-17(8)3)11-9(2)10(13)16-12-14-7-15-19(11)12/h7-8H,4-6H2,1-3H3. The van der Waals surface area contributed by atoms with Crippen LogP contribution in [0, 0.1) is 6.92 Å². The molecule has 1 aliphatic rings. The van der Waals surface area contributed by atoms with Crippen LogP contribution < -0.4 is 4.90 Å². The SMILES string of the molecule is Cc1c(Cl)nc2ncnn2c1N1CCN(C)C(C)C1. The smallest absolute Gasteiger partial charge is 0.255 e. The van der Waals surface area contributed by atoms with Gasteiger partial charge in [-0.2, -0.15) is 19.6 Å². The lowest BCUT2D eigenvalue weighted by Crippen LogP contribution is -2.50. The molecule has 0 aromatic carbocycles. The highest BCUT2D eigenvalue weighted by Crippen LogP contribution is 2.27. The van der Waals surface area contributed by atoms with Crippen LogP contribution in [0.5, 0.6) is 0 Å². The van der Waals surface area contributed by atoms with Crippen molar-refractivity contribution in [3.63, 3.8) is 0 Å². The lowest BCUT2D eigenvalue weighted by molar-refractivity contribution is 0.233. The zero-order valence-corrected chi connectivity index (χ0v) is 12.1. The molecule has 0 radical (unpaired) electrons. The molecule has 19 heavy (non-hydrogen) atoms. The van der Waals surface area contributed by atoms with Gasteiger partial charge >= 0.3 is 0 Å². The normalized spacial score (nSPS) is 21.3. The maximum atomic E-state index is 6.20. The van der Waals surface area contributed by atoms with E-state index in [0.717, 1.165) is 31.0 Å². The summed E-state index contributed by atoms with van der Waals surface area (Å²) in [5, 5.41) is 4.77. The Morgan fingerprint density at radius 3 is 2.89 bits per heavy atom. The number of fused-ring (bicyclic) bond motifs is 1. The first-order valence-electron chi connectivity index (χ1n) is 6.39. The number of halogens is 1. The lowest BCUT2D eigenvalue weighted by Gasteiger charge is -2.39. The molecule has 6 nitrogen and oxygen atoms in total. The van der Waals surface area contributed by atoms with E-state index in [1.54, 1.807) is 4.52 Å². The van der Waals surface area contributed by atoms with Gasteiger partial charge in [0.15, 0.2) is 0 Å². The van der Waals surface area contributed by atoms with Crippen LogP contribution in [0.25, 0.3) is 5.78 Å². The molecule has 0 saturated carbocycles. The second-order valence-corrected chi connectivity index (χ2v) is 5.46. The van der Waals surface area contributed by atoms with E-state index in [0.29, 0.717) is 17.0 Å². The third-order valence-electron chi connectivity index (χ3n) is 3.83. The van der Waals surface area contributed by atoms with Crippen LogP contribution in [0.4, 0.5) is 5.82 Å². The molecule has 3 heterocycles. The number of likely N-dealkylation sites (N-methyl/N-ethyl adjacent to an activating group) is 1. The predicted octanol–water partition coefficient (Wildman–Crippen LogP) is 1.23. The molecule has 1 atom stereocenters. The maximum Gasteiger partial charge on any atom is 0.255 e. The highest BCUT2D eigenvalue weighted by atomic mass is 35.5. The number of rotatable bonds is 1. The van der Waals surface area contributed by atoms with Crippen LogP contribution in [0.3, 0.4) is 0 Å². The van der Waals surface area contributed by atoms with Gasteiger partial charge < -0.3 is 9.80 Å². The van der Waals surface area contributed by atoms with E-state index < -0.39 is 0 Å². The Morgan fingerprint density at radius 1 is 1.37 bits per heavy atom. The van der Waals surface area contributed by atoms with Crippen LogP contribution >= 0.6 is 11.6 Å². The van der Waals surface area contributed by atoms with Crippen molar-refractivity contribution in [2.45, 2.75) is 19.9 Å². The van der Waals surface area contributed by atoms with Crippen LogP contribution in [0.1, 0.15) is 12.5 Å². The van der Waals surface area contributed by atoms with Crippen LogP contribution in [0.15, 0.2) is 6.33 Å². The molecule has 0 aliphatic carbocycles. The maximum absolute atomic E-state index is 6.20. The molecule has 3 rings (SSSR count). The van der Waals surface area contributed by atoms with E-state index in [1.165, 1.54) is 6.33 Å². The average molecular weight is 281 g/mol. The summed E-state index contributed by atoms with van der Waals surface area (Å²) in [4.78, 5) is 13.0. The summed E-state index contributed by atoms with van der Waals surface area (Å²) in [7, 11) is 2.15. The van der Waals surface area contributed by atoms with Crippen LogP contribution in [-0.4, -0.2) is 57.2 Å². The van der Waals surface area contributed by atoms with E-state index in [2.05, 4.69) is 38.8 Å². The van der Waals surface area contributed by atoms with Crippen molar-refractivity contribution < 1.29 is 0 Å². The van der Waals surface area contributed by atoms with Crippen molar-refractivity contribution in [2.24, 2.45) is 0 Å². The Morgan fingerprint density at radius 2 is 2.16 bits per heavy atom. The van der Waals surface area contributed by atoms with Gasteiger partial charge in [0, 0.05) is 31.2 Å². The molecule has 1 aliphatic heterocycles. The average Bonchev–Trinajstić information content (AvgIpc) is 2.82. The second-order valence-electron chi connectivity index (χ2n) is 5.10. The predicted molar refractivity (Wildman–Crippen MR) is 74.8 cm³/mol. The van der Waals surface area contributed by atoms with Crippen molar-refractivity contribution in [2.75, 3.05) is 31.6 Å². The number of anilines is 1. The Labute approximate surface area is 117 Å². The Kier molecular flexibility index (Phi) is 3.06. The molecular formula is C12H17ClN6. The summed E-state index contributed by atoms with van der Waals surface area (Å²) in [5.41, 5.74) is 0.955. The lowest BCUT2D eigenvalue weighted by atomic mass is 10.2. The van der Waals surface area contributed by atoms with E-state index in [4.69, 9.17) is 11.6 Å². The number of aromatic nitrogens is 4. The highest BCUT2D eigenvalue weighted by Gasteiger charge is 2.25. The largest absolute Gasteiger partial charge is 0.353 e. The molecule has 0 spiro atoms. The molecule has 1 unspecified atom stereocenters. The molecular weight excluding hydrogens is 264 g/mol. The van der Waals surface area contributed by atoms with E-state index in [-0.39, 0.29) is 0 Å². The van der Waals surface area contributed by atoms with E-state index in [9.17, 15) is 0 Å². The first-order chi connectivity index (χ1) is 9.08. The van der Waals surface area contributed by atoms with Gasteiger partial charge in [-0.1, -0.05) is 11.6 Å². The minimum atomic E-state index is 0.499. The van der Waals surface area contributed by atoms with Gasteiger partial charge in [0.25, 0.3) is 5.78 Å². The quantitative estimate of drug-likeness (QED) is 0.736. The monoisotopic (exact) mass is 280 g/mol. The summed E-state index contributed by atoms with van der Waals surface area (Å²) >= 11 is 6.20. The van der Waals surface area contributed by atoms with Gasteiger partial charge in [0.2, 0.25) is 0 Å². The first kappa shape index (κ1) is 12.6. The molecule has 2 aromatic rings. The van der Waals surface area contributed by atoms with Gasteiger partial charge in [0.1, 0.15) is 17.3 Å². The van der Waals surface area contributed by atoms with Gasteiger partial charge in [-0.3, -0.25) is 0 Å². The topological polar surface area (TPSA) is 49.6 Å². The first-order valence-corrected chi connectivity index (χ1v) is 6.76. The molecule has 1 saturated heterocycles. The number of hydrogen-bond acceptors (Lipinski definition) is 5. The molecule has 1 fully saturated rings. The van der Waals surface area contributed by atoms with E-state index in [1.807, 2.05) is 6.92 Å². The molecule has 0 bridgehead atoms. The minimum absolute atomic E-state index is 0.499. The Hall–Kier alpha value is -1.40. The van der Waals surface area contributed by atoms with Gasteiger partial charge in [0.05, 0.1) is 0 Å². The van der Waals surface area contributed by atoms with Crippen LogP contribution in [0.2, 0.25) is 5.15 Å². The van der Waals surface area contributed by atoms with E-state index >= 15 is 0 Å². The van der Waals surface area contributed by atoms with Gasteiger partial charge in [-0.15, -0.1) is 0 Å². The van der Waals surface area contributed by atoms with Gasteiger partial charge in [-0.25, -0.2) is 0 Å². The third kappa shape index (κ3) is 2.04. The summed E-state index contributed by atoms with van der Waals surface area (Å²) < 4.78 is 1.78. The number of piperazine rings is 1. The van der Waals surface area contributed by atoms with Crippen molar-refractivity contribution >= 4 is 23.2 Å². The summed E-state index contributed by atoms with van der Waals surface area (Å²) in [6.45, 7) is 7.14. The zero-order chi connectivity index (χ0) is 13.6. The fourth-order valence-corrected chi connectivity index (χ4v) is 2.66. The Balaban J connectivity index is 2.09. The summed E-state index contributed by atoms with van der Waals surface area (Å²) in [6.07, 6.45) is 1.51. The summed E-state index contributed by atoms with van der Waals surface area (Å²) in [5.74, 6) is 1.56. The summed E-state index contributed by atoms with van der Waals surface area (Å²) in [6, 6.07) is 0.499.